The van der Waals surface area contributed by atoms with E-state index in [0.29, 0.717) is 37.6 Å². The highest BCUT2D eigenvalue weighted by atomic mass is 16.3. The van der Waals surface area contributed by atoms with Crippen molar-refractivity contribution in [3.8, 4) is 0 Å². The van der Waals surface area contributed by atoms with Gasteiger partial charge in [0.1, 0.15) is 0 Å². The Morgan fingerprint density at radius 2 is 2.11 bits per heavy atom. The number of pyridine rings is 1. The fraction of sp³-hybridized carbons (Fsp3) is 0.524. The summed E-state index contributed by atoms with van der Waals surface area (Å²) in [6.45, 7) is 6.53. The van der Waals surface area contributed by atoms with E-state index in [1.165, 1.54) is 0 Å². The number of hydrogen-bond acceptors (Lipinski definition) is 6. The van der Waals surface area contributed by atoms with E-state index in [2.05, 4.69) is 19.9 Å². The smallest absolute Gasteiger partial charge is 0.255 e. The number of likely N-dealkylation sites (tertiary alicyclic amines) is 1. The van der Waals surface area contributed by atoms with Gasteiger partial charge in [-0.25, -0.2) is 9.97 Å². The summed E-state index contributed by atoms with van der Waals surface area (Å²) in [5, 5.41) is 10.9. The molecule has 1 N–H and O–H groups in total. The number of nitrogens with zero attached hydrogens (tertiary/aromatic N) is 5. The first kappa shape index (κ1) is 18.8. The third kappa shape index (κ3) is 3.58. The van der Waals surface area contributed by atoms with E-state index >= 15 is 0 Å². The van der Waals surface area contributed by atoms with Crippen molar-refractivity contribution >= 4 is 11.9 Å². The number of rotatable bonds is 2. The summed E-state index contributed by atoms with van der Waals surface area (Å²) in [7, 11) is 0. The SMILES string of the molecule is Cc1cncc(C(=O)N2CCC[C@]3(C2)CN(c2nccc(C)n2)CC[C@H]3O)c1. The number of hydrogen-bond donors (Lipinski definition) is 1. The number of carbonyl (C=O) groups excluding carboxylic acids is 1. The highest BCUT2D eigenvalue weighted by molar-refractivity contribution is 5.94. The summed E-state index contributed by atoms with van der Waals surface area (Å²) in [6.07, 6.45) is 7.15. The number of anilines is 1. The summed E-state index contributed by atoms with van der Waals surface area (Å²) >= 11 is 0. The van der Waals surface area contributed by atoms with Crippen LogP contribution in [0.3, 0.4) is 0 Å². The minimum Gasteiger partial charge on any atom is -0.392 e. The molecule has 0 saturated carbocycles. The number of aliphatic hydroxyl groups excluding tert-OH is 1. The third-order valence-electron chi connectivity index (χ3n) is 5.97. The summed E-state index contributed by atoms with van der Waals surface area (Å²) in [6, 6.07) is 3.76. The lowest BCUT2D eigenvalue weighted by Crippen LogP contribution is -2.60. The molecule has 2 aromatic rings. The zero-order valence-electron chi connectivity index (χ0n) is 16.5. The molecule has 7 nitrogen and oxygen atoms in total. The lowest BCUT2D eigenvalue weighted by Gasteiger charge is -2.51. The lowest BCUT2D eigenvalue weighted by atomic mass is 9.71. The average molecular weight is 381 g/mol. The van der Waals surface area contributed by atoms with Gasteiger partial charge in [0.05, 0.1) is 11.7 Å². The Bertz CT molecular complexity index is 873. The van der Waals surface area contributed by atoms with E-state index in [4.69, 9.17) is 0 Å². The van der Waals surface area contributed by atoms with Crippen LogP contribution in [0.4, 0.5) is 5.95 Å². The average Bonchev–Trinajstić information content (AvgIpc) is 2.70. The molecule has 0 radical (unpaired) electrons. The predicted octanol–water partition coefficient (Wildman–Crippen LogP) is 1.98. The van der Waals surface area contributed by atoms with Gasteiger partial charge in [0.25, 0.3) is 5.91 Å². The highest BCUT2D eigenvalue weighted by Gasteiger charge is 2.47. The van der Waals surface area contributed by atoms with E-state index in [1.54, 1.807) is 18.6 Å². The van der Waals surface area contributed by atoms with Crippen LogP contribution in [0.15, 0.2) is 30.7 Å². The molecule has 4 heterocycles. The van der Waals surface area contributed by atoms with Crippen molar-refractivity contribution in [3.63, 3.8) is 0 Å². The van der Waals surface area contributed by atoms with Gasteiger partial charge in [-0.3, -0.25) is 9.78 Å². The van der Waals surface area contributed by atoms with E-state index in [-0.39, 0.29) is 11.3 Å². The van der Waals surface area contributed by atoms with E-state index < -0.39 is 6.10 Å². The van der Waals surface area contributed by atoms with Crippen LogP contribution >= 0.6 is 0 Å². The van der Waals surface area contributed by atoms with Crippen LogP contribution in [-0.4, -0.2) is 63.1 Å². The predicted molar refractivity (Wildman–Crippen MR) is 106 cm³/mol. The van der Waals surface area contributed by atoms with Gasteiger partial charge in [-0.2, -0.15) is 0 Å². The molecule has 148 valence electrons. The van der Waals surface area contributed by atoms with Gasteiger partial charge in [0.15, 0.2) is 0 Å². The van der Waals surface area contributed by atoms with Crippen molar-refractivity contribution in [1.82, 2.24) is 19.9 Å². The quantitative estimate of drug-likeness (QED) is 0.857. The van der Waals surface area contributed by atoms with E-state index in [9.17, 15) is 9.90 Å². The maximum absolute atomic E-state index is 13.0. The second-order valence-electron chi connectivity index (χ2n) is 8.17. The Kier molecular flexibility index (Phi) is 5.02. The number of carbonyl (C=O) groups is 1. The molecule has 2 aromatic heterocycles. The van der Waals surface area contributed by atoms with Crippen LogP contribution in [0.1, 0.15) is 40.9 Å². The van der Waals surface area contributed by atoms with Gasteiger partial charge in [0.2, 0.25) is 5.95 Å². The Labute approximate surface area is 165 Å². The lowest BCUT2D eigenvalue weighted by molar-refractivity contribution is -0.0364. The van der Waals surface area contributed by atoms with Crippen LogP contribution < -0.4 is 4.90 Å². The Morgan fingerprint density at radius 3 is 2.89 bits per heavy atom. The van der Waals surface area contributed by atoms with E-state index in [0.717, 1.165) is 30.6 Å². The first-order chi connectivity index (χ1) is 13.5. The largest absolute Gasteiger partial charge is 0.392 e. The summed E-state index contributed by atoms with van der Waals surface area (Å²) < 4.78 is 0. The van der Waals surface area contributed by atoms with E-state index in [1.807, 2.05) is 30.9 Å². The molecule has 2 atom stereocenters. The molecular weight excluding hydrogens is 354 g/mol. The second-order valence-corrected chi connectivity index (χ2v) is 8.17. The summed E-state index contributed by atoms with van der Waals surface area (Å²) in [4.78, 5) is 30.2. The molecule has 7 heteroatoms. The fourth-order valence-electron chi connectivity index (χ4n) is 4.50. The summed E-state index contributed by atoms with van der Waals surface area (Å²) in [5.74, 6) is 0.698. The van der Waals surface area contributed by atoms with Crippen molar-refractivity contribution < 1.29 is 9.90 Å². The van der Waals surface area contributed by atoms with Crippen LogP contribution in [0.25, 0.3) is 0 Å². The highest BCUT2D eigenvalue weighted by Crippen LogP contribution is 2.40. The van der Waals surface area contributed by atoms with Gasteiger partial charge in [-0.15, -0.1) is 0 Å². The molecule has 28 heavy (non-hydrogen) atoms. The molecule has 2 aliphatic heterocycles. The van der Waals surface area contributed by atoms with Crippen molar-refractivity contribution in [3.05, 3.63) is 47.5 Å². The van der Waals surface area contributed by atoms with Crippen LogP contribution in [0.5, 0.6) is 0 Å². The topological polar surface area (TPSA) is 82.5 Å². The molecule has 0 unspecified atom stereocenters. The van der Waals surface area contributed by atoms with Crippen molar-refractivity contribution in [2.45, 2.75) is 39.2 Å². The Morgan fingerprint density at radius 1 is 1.25 bits per heavy atom. The zero-order valence-corrected chi connectivity index (χ0v) is 16.5. The second kappa shape index (κ2) is 7.47. The number of aliphatic hydroxyl groups is 1. The van der Waals surface area contributed by atoms with Crippen molar-refractivity contribution in [2.75, 3.05) is 31.1 Å². The molecule has 2 saturated heterocycles. The third-order valence-corrected chi connectivity index (χ3v) is 5.97. The molecule has 2 aliphatic rings. The first-order valence-electron chi connectivity index (χ1n) is 9.90. The standard InChI is InChI=1S/C21H27N5O2/c1-15-10-17(12-22-11-15)19(28)25-8-3-6-21(13-25)14-26(9-5-18(21)27)20-23-7-4-16(2)24-20/h4,7,10-12,18,27H,3,5-6,8-9,13-14H2,1-2H3/t18-,21+/m1/s1. The Balaban J connectivity index is 1.56. The van der Waals surface area contributed by atoms with Crippen molar-refractivity contribution in [1.29, 1.82) is 0 Å². The van der Waals surface area contributed by atoms with Gasteiger partial charge in [0, 0.05) is 55.9 Å². The zero-order chi connectivity index (χ0) is 19.7. The first-order valence-corrected chi connectivity index (χ1v) is 9.90. The Hall–Kier alpha value is -2.54. The number of aryl methyl sites for hydroxylation is 2. The molecule has 0 aliphatic carbocycles. The van der Waals surface area contributed by atoms with Gasteiger partial charge in [-0.05, 0) is 50.8 Å². The van der Waals surface area contributed by atoms with Crippen LogP contribution in [0.2, 0.25) is 0 Å². The normalized spacial score (nSPS) is 25.2. The van der Waals surface area contributed by atoms with Crippen molar-refractivity contribution in [2.24, 2.45) is 5.41 Å². The number of piperidine rings is 2. The monoisotopic (exact) mass is 381 g/mol. The maximum atomic E-state index is 13.0. The number of aromatic nitrogens is 3. The minimum atomic E-state index is -0.431. The fourth-order valence-corrected chi connectivity index (χ4v) is 4.50. The molecule has 2 fully saturated rings. The molecule has 4 rings (SSSR count). The molecule has 0 bridgehead atoms. The van der Waals surface area contributed by atoms with Crippen LogP contribution in [-0.2, 0) is 0 Å². The number of amides is 1. The molecule has 1 spiro atoms. The summed E-state index contributed by atoms with van der Waals surface area (Å²) in [5.41, 5.74) is 2.16. The maximum Gasteiger partial charge on any atom is 0.255 e. The van der Waals surface area contributed by atoms with Gasteiger partial charge in [-0.1, -0.05) is 0 Å². The van der Waals surface area contributed by atoms with Gasteiger partial charge < -0.3 is 14.9 Å². The molecule has 0 aromatic carbocycles. The van der Waals surface area contributed by atoms with Gasteiger partial charge >= 0.3 is 0 Å². The molecule has 1 amide bonds. The van der Waals surface area contributed by atoms with Crippen LogP contribution in [0, 0.1) is 19.3 Å². The molecular formula is C21H27N5O2. The minimum absolute atomic E-state index is 0.00796.